The number of aliphatic hydroxyl groups is 1. The molecule has 0 spiro atoms. The minimum absolute atomic E-state index is 0.639. The highest BCUT2D eigenvalue weighted by Gasteiger charge is 2.18. The van der Waals surface area contributed by atoms with Crippen molar-refractivity contribution in [2.75, 3.05) is 13.2 Å². The molecule has 1 aromatic carbocycles. The Kier molecular flexibility index (Phi) is 4.10. The number of rotatable bonds is 4. The number of aryl methyl sites for hydroxylation is 1. The fourth-order valence-corrected chi connectivity index (χ4v) is 2.49. The largest absolute Gasteiger partial charge is 0.490 e. The molecule has 0 fully saturated rings. The predicted molar refractivity (Wildman–Crippen MR) is 78.6 cm³/mol. The summed E-state index contributed by atoms with van der Waals surface area (Å²) >= 11 is 0. The highest BCUT2D eigenvalue weighted by molar-refractivity contribution is 5.45. The molecule has 0 saturated heterocycles. The minimum Gasteiger partial charge on any atom is -0.490 e. The van der Waals surface area contributed by atoms with E-state index < -0.39 is 6.10 Å². The molecule has 1 N–H and O–H groups in total. The van der Waals surface area contributed by atoms with Crippen molar-refractivity contribution in [2.24, 2.45) is 0 Å². The van der Waals surface area contributed by atoms with Crippen molar-refractivity contribution in [3.8, 4) is 11.5 Å². The van der Waals surface area contributed by atoms with Gasteiger partial charge in [0.15, 0.2) is 11.5 Å². The summed E-state index contributed by atoms with van der Waals surface area (Å²) in [4.78, 5) is 0. The van der Waals surface area contributed by atoms with Crippen molar-refractivity contribution in [2.45, 2.75) is 32.4 Å². The Morgan fingerprint density at radius 2 is 2.05 bits per heavy atom. The second-order valence-electron chi connectivity index (χ2n) is 5.14. The van der Waals surface area contributed by atoms with Crippen molar-refractivity contribution in [3.63, 3.8) is 0 Å². The monoisotopic (exact) mass is 288 g/mol. The van der Waals surface area contributed by atoms with Crippen LogP contribution in [-0.4, -0.2) is 28.1 Å². The lowest BCUT2D eigenvalue weighted by Crippen LogP contribution is -2.10. The third-order valence-electron chi connectivity index (χ3n) is 3.55. The van der Waals surface area contributed by atoms with Gasteiger partial charge in [0.2, 0.25) is 0 Å². The number of ether oxygens (including phenoxy) is 2. The molecule has 1 unspecified atom stereocenters. The van der Waals surface area contributed by atoms with Crippen molar-refractivity contribution < 1.29 is 14.6 Å². The van der Waals surface area contributed by atoms with Gasteiger partial charge >= 0.3 is 0 Å². The molecule has 1 aliphatic rings. The highest BCUT2D eigenvalue weighted by atomic mass is 16.5. The molecule has 1 aliphatic heterocycles. The van der Waals surface area contributed by atoms with Crippen LogP contribution >= 0.6 is 0 Å². The number of fused-ring (bicyclic) bond motifs is 1. The number of hydrogen-bond donors (Lipinski definition) is 1. The molecule has 2 heterocycles. The first-order valence-corrected chi connectivity index (χ1v) is 7.39. The first-order valence-electron chi connectivity index (χ1n) is 7.39. The summed E-state index contributed by atoms with van der Waals surface area (Å²) in [5.41, 5.74) is 1.59. The van der Waals surface area contributed by atoms with E-state index in [2.05, 4.69) is 12.0 Å². The molecule has 5 nitrogen and oxygen atoms in total. The summed E-state index contributed by atoms with van der Waals surface area (Å²) in [7, 11) is 0. The maximum absolute atomic E-state index is 10.6. The van der Waals surface area contributed by atoms with E-state index in [9.17, 15) is 5.11 Å². The molecular weight excluding hydrogens is 268 g/mol. The summed E-state index contributed by atoms with van der Waals surface area (Å²) in [5, 5.41) is 14.9. The Hall–Kier alpha value is -2.01. The fourth-order valence-electron chi connectivity index (χ4n) is 2.49. The number of hydrogen-bond acceptors (Lipinski definition) is 4. The van der Waals surface area contributed by atoms with E-state index >= 15 is 0 Å². The second kappa shape index (κ2) is 6.18. The van der Waals surface area contributed by atoms with Crippen LogP contribution in [0.1, 0.15) is 37.1 Å². The third-order valence-corrected chi connectivity index (χ3v) is 3.55. The van der Waals surface area contributed by atoms with Crippen molar-refractivity contribution in [3.05, 3.63) is 41.7 Å². The molecule has 0 bridgehead atoms. The zero-order valence-electron chi connectivity index (χ0n) is 12.2. The topological polar surface area (TPSA) is 56.5 Å². The van der Waals surface area contributed by atoms with Crippen molar-refractivity contribution in [1.29, 1.82) is 0 Å². The smallest absolute Gasteiger partial charge is 0.161 e. The summed E-state index contributed by atoms with van der Waals surface area (Å²) in [6.07, 6.45) is 2.85. The van der Waals surface area contributed by atoms with E-state index in [-0.39, 0.29) is 0 Å². The average molecular weight is 288 g/mol. The van der Waals surface area contributed by atoms with E-state index in [1.165, 1.54) is 0 Å². The molecule has 1 aromatic heterocycles. The van der Waals surface area contributed by atoms with Crippen LogP contribution in [0.2, 0.25) is 0 Å². The van der Waals surface area contributed by atoms with Crippen LogP contribution in [0.5, 0.6) is 11.5 Å². The lowest BCUT2D eigenvalue weighted by molar-refractivity contribution is 0.206. The van der Waals surface area contributed by atoms with Gasteiger partial charge in [0.1, 0.15) is 6.10 Å². The van der Waals surface area contributed by atoms with Gasteiger partial charge in [-0.15, -0.1) is 0 Å². The first-order chi connectivity index (χ1) is 10.3. The lowest BCUT2D eigenvalue weighted by Gasteiger charge is -2.15. The summed E-state index contributed by atoms with van der Waals surface area (Å²) < 4.78 is 13.1. The van der Waals surface area contributed by atoms with Gasteiger partial charge in [-0.05, 0) is 30.2 Å². The number of nitrogens with zero attached hydrogens (tertiary/aromatic N) is 2. The molecule has 5 heteroatoms. The molecule has 2 aromatic rings. The van der Waals surface area contributed by atoms with Gasteiger partial charge in [0.05, 0.1) is 18.9 Å². The molecular formula is C16H20N2O3. The van der Waals surface area contributed by atoms with E-state index in [4.69, 9.17) is 9.47 Å². The highest BCUT2D eigenvalue weighted by Crippen LogP contribution is 2.33. The number of aliphatic hydroxyl groups excluding tert-OH is 1. The fraction of sp³-hybridized carbons (Fsp3) is 0.438. The minimum atomic E-state index is -0.712. The van der Waals surface area contributed by atoms with Gasteiger partial charge in [-0.25, -0.2) is 0 Å². The van der Waals surface area contributed by atoms with Gasteiger partial charge in [0, 0.05) is 19.2 Å². The van der Waals surface area contributed by atoms with Crippen LogP contribution < -0.4 is 9.47 Å². The maximum atomic E-state index is 10.6. The third kappa shape index (κ3) is 2.88. The molecule has 112 valence electrons. The zero-order chi connectivity index (χ0) is 14.7. The van der Waals surface area contributed by atoms with E-state index in [0.29, 0.717) is 19.0 Å². The van der Waals surface area contributed by atoms with Gasteiger partial charge in [-0.3, -0.25) is 4.68 Å². The van der Waals surface area contributed by atoms with E-state index in [1.54, 1.807) is 6.20 Å². The standard InChI is InChI=1S/C16H20N2O3/c1-2-8-18-13(6-7-17-18)16(19)12-4-5-14-15(11-12)21-10-3-9-20-14/h4-7,11,16,19H,2-3,8-10H2,1H3. The molecule has 1 atom stereocenters. The van der Waals surface area contributed by atoms with Gasteiger partial charge in [0.25, 0.3) is 0 Å². The van der Waals surface area contributed by atoms with Crippen LogP contribution in [0.4, 0.5) is 0 Å². The van der Waals surface area contributed by atoms with Gasteiger partial charge in [-0.2, -0.15) is 5.10 Å². The Bertz CT molecular complexity index is 609. The predicted octanol–water partition coefficient (Wildman–Crippen LogP) is 2.54. The first kappa shape index (κ1) is 13.9. The zero-order valence-corrected chi connectivity index (χ0v) is 12.2. The average Bonchev–Trinajstić information content (AvgIpc) is 2.82. The quantitative estimate of drug-likeness (QED) is 0.939. The van der Waals surface area contributed by atoms with Crippen LogP contribution in [-0.2, 0) is 6.54 Å². The SMILES string of the molecule is CCCn1nccc1C(O)c1ccc2c(c1)OCCCO2. The number of aromatic nitrogens is 2. The van der Waals surface area contributed by atoms with Gasteiger partial charge in [-0.1, -0.05) is 13.0 Å². The van der Waals surface area contributed by atoms with E-state index in [1.807, 2.05) is 28.9 Å². The molecule has 0 saturated carbocycles. The van der Waals surface area contributed by atoms with Crippen LogP contribution in [0.15, 0.2) is 30.5 Å². The van der Waals surface area contributed by atoms with Crippen LogP contribution in [0, 0.1) is 0 Å². The lowest BCUT2D eigenvalue weighted by atomic mass is 10.1. The Balaban J connectivity index is 1.89. The summed E-state index contributed by atoms with van der Waals surface area (Å²) in [6, 6.07) is 7.44. The van der Waals surface area contributed by atoms with Crippen molar-refractivity contribution in [1.82, 2.24) is 9.78 Å². The molecule has 21 heavy (non-hydrogen) atoms. The van der Waals surface area contributed by atoms with Gasteiger partial charge < -0.3 is 14.6 Å². The summed E-state index contributed by atoms with van der Waals surface area (Å²) in [5.74, 6) is 1.44. The molecule has 0 radical (unpaired) electrons. The number of benzene rings is 1. The second-order valence-corrected chi connectivity index (χ2v) is 5.14. The molecule has 0 amide bonds. The van der Waals surface area contributed by atoms with Crippen LogP contribution in [0.3, 0.4) is 0 Å². The molecule has 3 rings (SSSR count). The van der Waals surface area contributed by atoms with E-state index in [0.717, 1.165) is 36.4 Å². The van der Waals surface area contributed by atoms with Crippen molar-refractivity contribution >= 4 is 0 Å². The summed E-state index contributed by atoms with van der Waals surface area (Å²) in [6.45, 7) is 4.19. The Morgan fingerprint density at radius 1 is 1.24 bits per heavy atom. The normalized spacial score (nSPS) is 15.5. The van der Waals surface area contributed by atoms with Crippen LogP contribution in [0.25, 0.3) is 0 Å². The Labute approximate surface area is 124 Å². The maximum Gasteiger partial charge on any atom is 0.161 e. The molecule has 0 aliphatic carbocycles. The Morgan fingerprint density at radius 3 is 2.86 bits per heavy atom.